The molecular formula is C32H29N3O3. The molecule has 6 nitrogen and oxygen atoms in total. The quantitative estimate of drug-likeness (QED) is 0.333. The molecule has 38 heavy (non-hydrogen) atoms. The van der Waals surface area contributed by atoms with Crippen molar-refractivity contribution in [3.05, 3.63) is 124 Å². The standard InChI is InChI=1S/C32H29N3O3/c1-5-22-14-15-33-30(22)24-12-10-23(11-13-24)29-18-20(3)26-16-19(2)17-27(31(26)38-29)21(4)34-28-9-7-6-8-25(28)32(36)35-37/h6-18,21-22,34H,3,5H2,1-2,4H3. The van der Waals surface area contributed by atoms with Crippen molar-refractivity contribution < 1.29 is 9.53 Å². The summed E-state index contributed by atoms with van der Waals surface area (Å²) in [5, 5.41) is 5.96. The van der Waals surface area contributed by atoms with Gasteiger partial charge in [0.25, 0.3) is 0 Å². The second kappa shape index (κ2) is 10.4. The van der Waals surface area contributed by atoms with Crippen LogP contribution in [0.4, 0.5) is 5.69 Å². The van der Waals surface area contributed by atoms with E-state index in [4.69, 9.17) is 4.74 Å². The fourth-order valence-corrected chi connectivity index (χ4v) is 4.99. The number of aliphatic imine (C=N–C) groups is 1. The molecule has 0 aliphatic carbocycles. The zero-order valence-corrected chi connectivity index (χ0v) is 21.7. The molecule has 2 unspecified atom stereocenters. The zero-order valence-electron chi connectivity index (χ0n) is 21.7. The van der Waals surface area contributed by atoms with Crippen LogP contribution in [0.25, 0.3) is 11.3 Å². The number of nitroso groups, excluding NO2 is 1. The molecule has 2 aliphatic heterocycles. The van der Waals surface area contributed by atoms with Crippen molar-refractivity contribution in [1.82, 2.24) is 0 Å². The van der Waals surface area contributed by atoms with Gasteiger partial charge in [0, 0.05) is 39.7 Å². The Morgan fingerprint density at radius 1 is 1.13 bits per heavy atom. The van der Waals surface area contributed by atoms with Gasteiger partial charge in [-0.3, -0.25) is 9.79 Å². The Morgan fingerprint density at radius 2 is 1.87 bits per heavy atom. The number of amides is 1. The number of carbonyl (C=O) groups is 1. The Kier molecular flexibility index (Phi) is 6.88. The van der Waals surface area contributed by atoms with E-state index < -0.39 is 5.91 Å². The SMILES string of the molecule is C=C1C=C(c2ccc(C3=NC=CC3CC)cc2)Oc2c1cc(C)cc2C(C)Nc1ccccc1C(=O)N=O. The molecule has 2 aliphatic rings. The Labute approximate surface area is 222 Å². The van der Waals surface area contributed by atoms with Gasteiger partial charge >= 0.3 is 5.91 Å². The number of carbonyl (C=O) groups excluding carboxylic acids is 1. The predicted molar refractivity (Wildman–Crippen MR) is 153 cm³/mol. The molecule has 0 spiro atoms. The number of aryl methyl sites for hydroxylation is 1. The predicted octanol–water partition coefficient (Wildman–Crippen LogP) is 7.86. The third-order valence-corrected chi connectivity index (χ3v) is 6.99. The number of fused-ring (bicyclic) bond motifs is 1. The van der Waals surface area contributed by atoms with Gasteiger partial charge in [0.1, 0.15) is 11.5 Å². The molecule has 1 N–H and O–H groups in total. The first kappa shape index (κ1) is 25.1. The van der Waals surface area contributed by atoms with Crippen molar-refractivity contribution in [3.8, 4) is 5.75 Å². The van der Waals surface area contributed by atoms with Gasteiger partial charge in [-0.15, -0.1) is 4.91 Å². The van der Waals surface area contributed by atoms with Crippen LogP contribution in [0.5, 0.6) is 5.75 Å². The van der Waals surface area contributed by atoms with Crippen molar-refractivity contribution in [2.45, 2.75) is 33.2 Å². The molecular weight excluding hydrogens is 474 g/mol. The lowest BCUT2D eigenvalue weighted by molar-refractivity contribution is 0.100. The molecule has 0 aromatic heterocycles. The highest BCUT2D eigenvalue weighted by Crippen LogP contribution is 2.42. The normalized spacial score (nSPS) is 16.7. The molecule has 6 heteroatoms. The summed E-state index contributed by atoms with van der Waals surface area (Å²) in [6.45, 7) is 10.5. The molecule has 0 bridgehead atoms. The summed E-state index contributed by atoms with van der Waals surface area (Å²) >= 11 is 0. The number of rotatable bonds is 7. The number of ether oxygens (including phenoxy) is 1. The summed E-state index contributed by atoms with van der Waals surface area (Å²) in [6.07, 6.45) is 7.00. The van der Waals surface area contributed by atoms with Crippen molar-refractivity contribution >= 4 is 28.6 Å². The molecule has 0 radical (unpaired) electrons. The van der Waals surface area contributed by atoms with Crippen LogP contribution in [0.3, 0.4) is 0 Å². The van der Waals surface area contributed by atoms with E-state index in [1.54, 1.807) is 24.3 Å². The van der Waals surface area contributed by atoms with Gasteiger partial charge in [-0.05, 0) is 61.2 Å². The van der Waals surface area contributed by atoms with Crippen LogP contribution in [-0.2, 0) is 0 Å². The molecule has 0 saturated carbocycles. The van der Waals surface area contributed by atoms with Crippen LogP contribution < -0.4 is 10.1 Å². The molecule has 3 aromatic rings. The third kappa shape index (κ3) is 4.73. The average molecular weight is 504 g/mol. The summed E-state index contributed by atoms with van der Waals surface area (Å²) in [7, 11) is 0. The van der Waals surface area contributed by atoms with Gasteiger partial charge in [0.05, 0.1) is 17.3 Å². The van der Waals surface area contributed by atoms with Crippen LogP contribution in [0.2, 0.25) is 0 Å². The minimum absolute atomic E-state index is 0.231. The van der Waals surface area contributed by atoms with Crippen molar-refractivity contribution in [2.24, 2.45) is 16.1 Å². The highest BCUT2D eigenvalue weighted by molar-refractivity contribution is 6.05. The first-order valence-electron chi connectivity index (χ1n) is 12.7. The van der Waals surface area contributed by atoms with Crippen molar-refractivity contribution in [1.29, 1.82) is 0 Å². The maximum Gasteiger partial charge on any atom is 0.318 e. The third-order valence-electron chi connectivity index (χ3n) is 6.99. The van der Waals surface area contributed by atoms with Gasteiger partial charge < -0.3 is 10.1 Å². The van der Waals surface area contributed by atoms with Gasteiger partial charge in [-0.2, -0.15) is 0 Å². The lowest BCUT2D eigenvalue weighted by Crippen LogP contribution is -2.14. The summed E-state index contributed by atoms with van der Waals surface area (Å²) in [5.41, 5.74) is 7.67. The number of anilines is 1. The topological polar surface area (TPSA) is 80.1 Å². The largest absolute Gasteiger partial charge is 0.456 e. The lowest BCUT2D eigenvalue weighted by Gasteiger charge is -2.27. The zero-order chi connectivity index (χ0) is 26.8. The monoisotopic (exact) mass is 503 g/mol. The maximum absolute atomic E-state index is 12.1. The average Bonchev–Trinajstić information content (AvgIpc) is 3.42. The van der Waals surface area contributed by atoms with E-state index >= 15 is 0 Å². The van der Waals surface area contributed by atoms with Gasteiger partial charge in [0.15, 0.2) is 0 Å². The minimum Gasteiger partial charge on any atom is -0.456 e. The van der Waals surface area contributed by atoms with E-state index in [0.29, 0.717) is 17.4 Å². The first-order valence-corrected chi connectivity index (χ1v) is 12.7. The molecule has 0 fully saturated rings. The van der Waals surface area contributed by atoms with Crippen molar-refractivity contribution in [2.75, 3.05) is 5.32 Å². The van der Waals surface area contributed by atoms with Gasteiger partial charge in [-0.1, -0.05) is 62.0 Å². The number of allylic oxidation sites excluding steroid dienone is 3. The second-order valence-corrected chi connectivity index (χ2v) is 9.62. The second-order valence-electron chi connectivity index (χ2n) is 9.62. The van der Waals surface area contributed by atoms with Crippen LogP contribution in [0.1, 0.15) is 64.5 Å². The van der Waals surface area contributed by atoms with E-state index in [1.807, 2.05) is 26.1 Å². The lowest BCUT2D eigenvalue weighted by atomic mass is 9.92. The number of hydrogen-bond donors (Lipinski definition) is 1. The summed E-state index contributed by atoms with van der Waals surface area (Å²) in [6, 6.07) is 19.0. The number of nitrogens with zero attached hydrogens (tertiary/aromatic N) is 2. The molecule has 1 amide bonds. The Morgan fingerprint density at radius 3 is 2.61 bits per heavy atom. The Bertz CT molecular complexity index is 1530. The highest BCUT2D eigenvalue weighted by atomic mass is 16.5. The van der Waals surface area contributed by atoms with Crippen LogP contribution in [0.15, 0.2) is 95.8 Å². The smallest absolute Gasteiger partial charge is 0.318 e. The van der Waals surface area contributed by atoms with E-state index in [1.165, 1.54) is 0 Å². The highest BCUT2D eigenvalue weighted by Gasteiger charge is 2.25. The van der Waals surface area contributed by atoms with Crippen LogP contribution in [0, 0.1) is 17.7 Å². The number of para-hydroxylation sites is 1. The van der Waals surface area contributed by atoms with E-state index in [-0.39, 0.29) is 11.6 Å². The van der Waals surface area contributed by atoms with Gasteiger partial charge in [-0.25, -0.2) is 0 Å². The minimum atomic E-state index is -0.811. The molecule has 5 rings (SSSR count). The molecule has 2 heterocycles. The van der Waals surface area contributed by atoms with E-state index in [2.05, 4.69) is 71.5 Å². The summed E-state index contributed by atoms with van der Waals surface area (Å²) < 4.78 is 6.52. The van der Waals surface area contributed by atoms with Gasteiger partial charge in [0.2, 0.25) is 0 Å². The fraction of sp³-hybridized carbons (Fsp3) is 0.188. The fourth-order valence-electron chi connectivity index (χ4n) is 4.99. The number of nitrogens with one attached hydrogen (secondary N) is 1. The number of hydrogen-bond acceptors (Lipinski definition) is 5. The first-order chi connectivity index (χ1) is 18.4. The van der Waals surface area contributed by atoms with E-state index in [9.17, 15) is 9.70 Å². The van der Waals surface area contributed by atoms with Crippen molar-refractivity contribution in [3.63, 3.8) is 0 Å². The Balaban J connectivity index is 1.45. The molecule has 2 atom stereocenters. The molecule has 3 aromatic carbocycles. The maximum atomic E-state index is 12.1. The molecule has 190 valence electrons. The van der Waals surface area contributed by atoms with E-state index in [0.717, 1.165) is 51.3 Å². The molecule has 0 saturated heterocycles. The number of benzene rings is 3. The summed E-state index contributed by atoms with van der Waals surface area (Å²) in [4.78, 5) is 27.5. The Hall–Kier alpha value is -4.58. The van der Waals surface area contributed by atoms with Crippen LogP contribution >= 0.6 is 0 Å². The van der Waals surface area contributed by atoms with Crippen LogP contribution in [-0.4, -0.2) is 11.6 Å². The summed E-state index contributed by atoms with van der Waals surface area (Å²) in [5.74, 6) is 0.968.